The Bertz CT molecular complexity index is 202. The fourth-order valence-corrected chi connectivity index (χ4v) is 3.13. The summed E-state index contributed by atoms with van der Waals surface area (Å²) >= 11 is 0. The van der Waals surface area contributed by atoms with Crippen molar-refractivity contribution in [3.8, 4) is 0 Å². The molecule has 2 fully saturated rings. The third-order valence-corrected chi connectivity index (χ3v) is 4.16. The highest BCUT2D eigenvalue weighted by Gasteiger charge is 2.25. The van der Waals surface area contributed by atoms with E-state index in [2.05, 4.69) is 17.3 Å². The van der Waals surface area contributed by atoms with Crippen LogP contribution in [0, 0.1) is 0 Å². The van der Waals surface area contributed by atoms with Crippen LogP contribution in [-0.4, -0.2) is 48.3 Å². The number of nitrogens with one attached hydrogen (secondary N) is 1. The zero-order valence-corrected chi connectivity index (χ0v) is 10.5. The maximum absolute atomic E-state index is 9.49. The highest BCUT2D eigenvalue weighted by atomic mass is 16.3. The fraction of sp³-hybridized carbons (Fsp3) is 1.00. The first-order valence-corrected chi connectivity index (χ1v) is 6.87. The molecule has 0 aromatic rings. The van der Waals surface area contributed by atoms with E-state index < -0.39 is 0 Å². The molecule has 0 radical (unpaired) electrons. The zero-order valence-electron chi connectivity index (χ0n) is 10.5. The lowest BCUT2D eigenvalue weighted by Gasteiger charge is -2.29. The van der Waals surface area contributed by atoms with E-state index in [1.54, 1.807) is 0 Å². The van der Waals surface area contributed by atoms with Gasteiger partial charge in [-0.15, -0.1) is 0 Å². The van der Waals surface area contributed by atoms with Gasteiger partial charge < -0.3 is 15.3 Å². The summed E-state index contributed by atoms with van der Waals surface area (Å²) in [4.78, 5) is 2.51. The van der Waals surface area contributed by atoms with E-state index in [1.165, 1.54) is 38.5 Å². The Morgan fingerprint density at radius 3 is 2.44 bits per heavy atom. The Morgan fingerprint density at radius 2 is 1.88 bits per heavy atom. The molecule has 0 aromatic carbocycles. The van der Waals surface area contributed by atoms with Crippen molar-refractivity contribution < 1.29 is 5.11 Å². The van der Waals surface area contributed by atoms with Gasteiger partial charge in [-0.25, -0.2) is 0 Å². The number of nitrogens with zero attached hydrogens (tertiary/aromatic N) is 1. The van der Waals surface area contributed by atoms with Crippen LogP contribution in [0.2, 0.25) is 0 Å². The van der Waals surface area contributed by atoms with Crippen LogP contribution in [0.3, 0.4) is 0 Å². The first-order chi connectivity index (χ1) is 7.75. The summed E-state index contributed by atoms with van der Waals surface area (Å²) in [6, 6.07) is 1.28. The van der Waals surface area contributed by atoms with Gasteiger partial charge in [0.1, 0.15) is 0 Å². The third kappa shape index (κ3) is 3.44. The minimum Gasteiger partial charge on any atom is -0.392 e. The minimum atomic E-state index is -0.118. The number of likely N-dealkylation sites (N-methyl/N-ethyl adjacent to an activating group) is 1. The molecule has 1 heterocycles. The molecule has 2 aliphatic rings. The van der Waals surface area contributed by atoms with Crippen LogP contribution in [-0.2, 0) is 0 Å². The topological polar surface area (TPSA) is 35.5 Å². The van der Waals surface area contributed by atoms with Gasteiger partial charge in [0.25, 0.3) is 0 Å². The Balaban J connectivity index is 1.75. The van der Waals surface area contributed by atoms with E-state index in [-0.39, 0.29) is 6.10 Å². The molecule has 2 N–H and O–H groups in total. The van der Waals surface area contributed by atoms with E-state index in [4.69, 9.17) is 0 Å². The highest BCUT2D eigenvalue weighted by molar-refractivity contribution is 4.85. The molecule has 1 aliphatic carbocycles. The molecular weight excluding hydrogens is 200 g/mol. The standard InChI is InChI=1S/C13H26N2O/c1-15(10-11-8-13(16)9-14-11)12-6-4-2-3-5-7-12/h11-14,16H,2-10H2,1H3. The predicted octanol–water partition coefficient (Wildman–Crippen LogP) is 1.36. The molecule has 16 heavy (non-hydrogen) atoms. The van der Waals surface area contributed by atoms with Crippen molar-refractivity contribution in [2.24, 2.45) is 0 Å². The molecule has 3 heteroatoms. The summed E-state index contributed by atoms with van der Waals surface area (Å²) in [7, 11) is 2.25. The van der Waals surface area contributed by atoms with Crippen molar-refractivity contribution >= 4 is 0 Å². The maximum atomic E-state index is 9.49. The van der Waals surface area contributed by atoms with Gasteiger partial charge in [0.15, 0.2) is 0 Å². The average Bonchev–Trinajstić information content (AvgIpc) is 2.56. The lowest BCUT2D eigenvalue weighted by molar-refractivity contribution is 0.178. The molecular formula is C13H26N2O. The van der Waals surface area contributed by atoms with E-state index in [0.29, 0.717) is 6.04 Å². The van der Waals surface area contributed by atoms with Gasteiger partial charge in [-0.05, 0) is 26.3 Å². The molecule has 2 atom stereocenters. The van der Waals surface area contributed by atoms with Crippen LogP contribution in [0.15, 0.2) is 0 Å². The van der Waals surface area contributed by atoms with Crippen molar-refractivity contribution in [2.75, 3.05) is 20.1 Å². The fourth-order valence-electron chi connectivity index (χ4n) is 3.13. The summed E-state index contributed by atoms with van der Waals surface area (Å²) in [5, 5.41) is 12.9. The SMILES string of the molecule is CN(CC1CC(O)CN1)C1CCCCCC1. The molecule has 0 bridgehead atoms. The quantitative estimate of drug-likeness (QED) is 0.713. The lowest BCUT2D eigenvalue weighted by atomic mass is 10.1. The molecule has 0 spiro atoms. The predicted molar refractivity (Wildman–Crippen MR) is 66.5 cm³/mol. The molecule has 0 aromatic heterocycles. The summed E-state index contributed by atoms with van der Waals surface area (Å²) in [6.45, 7) is 1.88. The van der Waals surface area contributed by atoms with E-state index >= 15 is 0 Å². The van der Waals surface area contributed by atoms with Crippen molar-refractivity contribution in [3.63, 3.8) is 0 Å². The highest BCUT2D eigenvalue weighted by Crippen LogP contribution is 2.21. The zero-order chi connectivity index (χ0) is 11.4. The second-order valence-electron chi connectivity index (χ2n) is 5.58. The van der Waals surface area contributed by atoms with Crippen molar-refractivity contribution in [2.45, 2.75) is 63.1 Å². The molecule has 1 aliphatic heterocycles. The Hall–Kier alpha value is -0.120. The molecule has 1 saturated carbocycles. The average molecular weight is 226 g/mol. The van der Waals surface area contributed by atoms with E-state index in [9.17, 15) is 5.11 Å². The summed E-state index contributed by atoms with van der Waals surface area (Å²) in [5.41, 5.74) is 0. The summed E-state index contributed by atoms with van der Waals surface area (Å²) < 4.78 is 0. The lowest BCUT2D eigenvalue weighted by Crippen LogP contribution is -2.40. The van der Waals surface area contributed by atoms with Gasteiger partial charge >= 0.3 is 0 Å². The molecule has 94 valence electrons. The number of β-amino-alcohol motifs (C(OH)–C–C–N with tert-alkyl or cyclic N) is 1. The first kappa shape index (κ1) is 12.3. The second-order valence-corrected chi connectivity index (χ2v) is 5.58. The van der Waals surface area contributed by atoms with Crippen LogP contribution >= 0.6 is 0 Å². The van der Waals surface area contributed by atoms with Gasteiger partial charge in [-0.2, -0.15) is 0 Å². The van der Waals surface area contributed by atoms with Crippen LogP contribution in [0.25, 0.3) is 0 Å². The maximum Gasteiger partial charge on any atom is 0.0680 e. The first-order valence-electron chi connectivity index (χ1n) is 6.87. The monoisotopic (exact) mass is 226 g/mol. The number of hydrogen-bond acceptors (Lipinski definition) is 3. The largest absolute Gasteiger partial charge is 0.392 e. The van der Waals surface area contributed by atoms with Crippen LogP contribution in [0.1, 0.15) is 44.9 Å². The van der Waals surface area contributed by atoms with Crippen LogP contribution in [0.4, 0.5) is 0 Å². The Kier molecular flexibility index (Phi) is 4.62. The molecule has 0 amide bonds. The second kappa shape index (κ2) is 5.99. The van der Waals surface area contributed by atoms with Crippen LogP contribution < -0.4 is 5.32 Å². The van der Waals surface area contributed by atoms with E-state index in [1.807, 2.05) is 0 Å². The Labute approximate surface area is 99.2 Å². The van der Waals surface area contributed by atoms with Crippen LogP contribution in [0.5, 0.6) is 0 Å². The van der Waals surface area contributed by atoms with Crippen molar-refractivity contribution in [1.82, 2.24) is 10.2 Å². The molecule has 2 rings (SSSR count). The van der Waals surface area contributed by atoms with E-state index in [0.717, 1.165) is 25.6 Å². The number of aliphatic hydroxyl groups is 1. The number of hydrogen-bond donors (Lipinski definition) is 2. The summed E-state index contributed by atoms with van der Waals surface area (Å²) in [5.74, 6) is 0. The summed E-state index contributed by atoms with van der Waals surface area (Å²) in [6.07, 6.45) is 9.18. The minimum absolute atomic E-state index is 0.118. The van der Waals surface area contributed by atoms with Crippen molar-refractivity contribution in [1.29, 1.82) is 0 Å². The van der Waals surface area contributed by atoms with Gasteiger partial charge in [-0.3, -0.25) is 0 Å². The molecule has 2 unspecified atom stereocenters. The number of aliphatic hydroxyl groups excluding tert-OH is 1. The Morgan fingerprint density at radius 1 is 1.19 bits per heavy atom. The number of rotatable bonds is 3. The molecule has 1 saturated heterocycles. The molecule has 3 nitrogen and oxygen atoms in total. The third-order valence-electron chi connectivity index (χ3n) is 4.16. The van der Waals surface area contributed by atoms with Crippen molar-refractivity contribution in [3.05, 3.63) is 0 Å². The smallest absolute Gasteiger partial charge is 0.0680 e. The van der Waals surface area contributed by atoms with Gasteiger partial charge in [0.05, 0.1) is 6.10 Å². The van der Waals surface area contributed by atoms with Gasteiger partial charge in [-0.1, -0.05) is 25.7 Å². The van der Waals surface area contributed by atoms with Gasteiger partial charge in [0.2, 0.25) is 0 Å². The van der Waals surface area contributed by atoms with Gasteiger partial charge in [0, 0.05) is 25.2 Å². The normalized spacial score (nSPS) is 33.2.